The number of aldehydes is 1. The average Bonchev–Trinajstić information content (AvgIpc) is 2.64. The minimum absolute atomic E-state index is 0.0427. The van der Waals surface area contributed by atoms with Crippen LogP contribution in [0.3, 0.4) is 0 Å². The molecule has 0 unspecified atom stereocenters. The summed E-state index contributed by atoms with van der Waals surface area (Å²) in [5, 5.41) is 0. The number of hydrogen-bond acceptors (Lipinski definition) is 3. The molecule has 2 aromatic carbocycles. The lowest BCUT2D eigenvalue weighted by Gasteiger charge is -2.13. The van der Waals surface area contributed by atoms with Crippen LogP contribution in [0, 0.1) is 0 Å². The molecule has 0 aliphatic rings. The van der Waals surface area contributed by atoms with Gasteiger partial charge in [0.1, 0.15) is 12.0 Å². The van der Waals surface area contributed by atoms with Crippen molar-refractivity contribution >= 4 is 18.0 Å². The van der Waals surface area contributed by atoms with Gasteiger partial charge in [-0.3, -0.25) is 4.79 Å². The number of halogens is 3. The quantitative estimate of drug-likeness (QED) is 0.301. The molecule has 0 heterocycles. The van der Waals surface area contributed by atoms with Crippen molar-refractivity contribution in [3.63, 3.8) is 0 Å². The number of carbonyl (C=O) groups is 1. The number of alkyl halides is 3. The summed E-state index contributed by atoms with van der Waals surface area (Å²) in [6, 6.07) is 11.6. The van der Waals surface area contributed by atoms with Crippen molar-refractivity contribution in [1.29, 1.82) is 0 Å². The Hall–Kier alpha value is -1.95. The molecule has 0 saturated heterocycles. The van der Waals surface area contributed by atoms with Gasteiger partial charge in [0, 0.05) is 10.5 Å². The lowest BCUT2D eigenvalue weighted by atomic mass is 10.1. The van der Waals surface area contributed by atoms with E-state index in [4.69, 9.17) is 4.74 Å². The Morgan fingerprint density at radius 3 is 2.38 bits per heavy atom. The van der Waals surface area contributed by atoms with Gasteiger partial charge < -0.3 is 4.74 Å². The zero-order valence-electron chi connectivity index (χ0n) is 14.5. The summed E-state index contributed by atoms with van der Waals surface area (Å²) < 4.78 is 44.4. The van der Waals surface area contributed by atoms with E-state index in [0.717, 1.165) is 37.5 Å². The topological polar surface area (TPSA) is 26.3 Å². The molecule has 0 spiro atoms. The first-order chi connectivity index (χ1) is 12.4. The van der Waals surface area contributed by atoms with Crippen LogP contribution in [-0.4, -0.2) is 19.1 Å². The van der Waals surface area contributed by atoms with Gasteiger partial charge in [0.15, 0.2) is 0 Å². The van der Waals surface area contributed by atoms with E-state index in [1.54, 1.807) is 7.11 Å². The maximum atomic E-state index is 13.1. The Morgan fingerprint density at radius 2 is 1.77 bits per heavy atom. The summed E-state index contributed by atoms with van der Waals surface area (Å²) in [5.74, 6) is 1.44. The molecule has 6 heteroatoms. The number of carbonyl (C=O) groups excluding carboxylic acids is 1. The Morgan fingerprint density at radius 1 is 1.04 bits per heavy atom. The Balaban J connectivity index is 1.78. The van der Waals surface area contributed by atoms with Gasteiger partial charge in [-0.05, 0) is 54.8 Å². The van der Waals surface area contributed by atoms with Crippen LogP contribution in [0.1, 0.15) is 40.7 Å². The molecule has 140 valence electrons. The number of ether oxygens (including phenoxy) is 1. The summed E-state index contributed by atoms with van der Waals surface area (Å²) >= 11 is 1.19. The van der Waals surface area contributed by atoms with Crippen molar-refractivity contribution < 1.29 is 22.7 Å². The van der Waals surface area contributed by atoms with Gasteiger partial charge in [-0.15, -0.1) is 11.8 Å². The molecule has 2 rings (SSSR count). The highest BCUT2D eigenvalue weighted by atomic mass is 32.2. The van der Waals surface area contributed by atoms with Crippen molar-refractivity contribution in [3.05, 3.63) is 59.2 Å². The molecule has 0 atom stereocenters. The minimum Gasteiger partial charge on any atom is -0.497 e. The highest BCUT2D eigenvalue weighted by Crippen LogP contribution is 2.37. The van der Waals surface area contributed by atoms with E-state index in [1.165, 1.54) is 29.5 Å². The number of aryl methyl sites for hydroxylation is 1. The molecule has 26 heavy (non-hydrogen) atoms. The van der Waals surface area contributed by atoms with Crippen LogP contribution >= 0.6 is 11.8 Å². The monoisotopic (exact) mass is 382 g/mol. The van der Waals surface area contributed by atoms with Gasteiger partial charge in [-0.2, -0.15) is 13.2 Å². The smallest absolute Gasteiger partial charge is 0.417 e. The summed E-state index contributed by atoms with van der Waals surface area (Å²) in [6.07, 6.45) is -0.293. The van der Waals surface area contributed by atoms with E-state index < -0.39 is 11.7 Å². The second kappa shape index (κ2) is 9.67. The number of unbranched alkanes of at least 4 members (excludes halogenated alkanes) is 2. The molecular weight excluding hydrogens is 361 g/mol. The first-order valence-electron chi connectivity index (χ1n) is 8.36. The van der Waals surface area contributed by atoms with Crippen LogP contribution in [0.5, 0.6) is 5.75 Å². The normalized spacial score (nSPS) is 11.4. The molecule has 0 amide bonds. The van der Waals surface area contributed by atoms with E-state index in [0.29, 0.717) is 12.0 Å². The van der Waals surface area contributed by atoms with Gasteiger partial charge in [0.05, 0.1) is 12.7 Å². The average molecular weight is 382 g/mol. The molecule has 2 nitrogen and oxygen atoms in total. The molecule has 0 radical (unpaired) electrons. The molecule has 0 fully saturated rings. The second-order valence-electron chi connectivity index (χ2n) is 5.88. The fourth-order valence-electron chi connectivity index (χ4n) is 2.55. The summed E-state index contributed by atoms with van der Waals surface area (Å²) in [4.78, 5) is 10.9. The second-order valence-corrected chi connectivity index (χ2v) is 7.02. The molecular formula is C20H21F3O2S. The number of rotatable bonds is 9. The van der Waals surface area contributed by atoms with Gasteiger partial charge >= 0.3 is 6.18 Å². The number of hydrogen-bond donors (Lipinski definition) is 0. The Bertz CT molecular complexity index is 712. The van der Waals surface area contributed by atoms with Crippen LogP contribution < -0.4 is 4.74 Å². The lowest BCUT2D eigenvalue weighted by Crippen LogP contribution is -2.07. The first-order valence-corrected chi connectivity index (χ1v) is 9.35. The van der Waals surface area contributed by atoms with Gasteiger partial charge in [-0.25, -0.2) is 0 Å². The third kappa shape index (κ3) is 6.09. The standard InChI is InChI=1S/C20H21F3O2S/c1-25-17-9-6-15(7-10-17)5-3-2-4-12-26-19-11-8-16(14-24)13-18(19)20(21,22)23/h6-11,13-14H,2-5,12H2,1H3. The molecule has 2 aromatic rings. The third-order valence-electron chi connectivity index (χ3n) is 3.97. The maximum absolute atomic E-state index is 13.1. The summed E-state index contributed by atoms with van der Waals surface area (Å²) in [6.45, 7) is 0. The van der Waals surface area contributed by atoms with Crippen LogP contribution in [0.25, 0.3) is 0 Å². The predicted octanol–water partition coefficient (Wildman–Crippen LogP) is 6.03. The maximum Gasteiger partial charge on any atom is 0.417 e. The molecule has 0 bridgehead atoms. The van der Waals surface area contributed by atoms with Gasteiger partial charge in [-0.1, -0.05) is 24.6 Å². The van der Waals surface area contributed by atoms with Crippen LogP contribution in [0.4, 0.5) is 13.2 Å². The number of methoxy groups -OCH3 is 1. The molecule has 0 N–H and O–H groups in total. The van der Waals surface area contributed by atoms with E-state index in [-0.39, 0.29) is 10.5 Å². The zero-order valence-corrected chi connectivity index (χ0v) is 15.3. The van der Waals surface area contributed by atoms with E-state index >= 15 is 0 Å². The number of benzene rings is 2. The van der Waals surface area contributed by atoms with Crippen molar-refractivity contribution in [2.45, 2.75) is 36.8 Å². The molecule has 0 saturated carbocycles. The van der Waals surface area contributed by atoms with Crippen molar-refractivity contribution in [1.82, 2.24) is 0 Å². The van der Waals surface area contributed by atoms with E-state index in [2.05, 4.69) is 0 Å². The fourth-order valence-corrected chi connectivity index (χ4v) is 3.61. The van der Waals surface area contributed by atoms with Gasteiger partial charge in [0.25, 0.3) is 0 Å². The Kier molecular flexibility index (Phi) is 7.57. The SMILES string of the molecule is COc1ccc(CCCCCSc2ccc(C=O)cc2C(F)(F)F)cc1. The van der Waals surface area contributed by atoms with Crippen LogP contribution in [0.2, 0.25) is 0 Å². The minimum atomic E-state index is -4.45. The molecule has 0 aromatic heterocycles. The Labute approximate surface area is 155 Å². The number of thioether (sulfide) groups is 1. The molecule has 0 aliphatic heterocycles. The zero-order chi connectivity index (χ0) is 19.0. The summed E-state index contributed by atoms with van der Waals surface area (Å²) in [7, 11) is 1.63. The predicted molar refractivity (Wildman–Crippen MR) is 98.1 cm³/mol. The van der Waals surface area contributed by atoms with Crippen LogP contribution in [-0.2, 0) is 12.6 Å². The van der Waals surface area contributed by atoms with Crippen molar-refractivity contribution in [2.75, 3.05) is 12.9 Å². The highest BCUT2D eigenvalue weighted by molar-refractivity contribution is 7.99. The largest absolute Gasteiger partial charge is 0.497 e. The third-order valence-corrected chi connectivity index (χ3v) is 5.13. The van der Waals surface area contributed by atoms with Gasteiger partial charge in [0.2, 0.25) is 0 Å². The van der Waals surface area contributed by atoms with Crippen molar-refractivity contribution in [3.8, 4) is 5.75 Å². The summed E-state index contributed by atoms with van der Waals surface area (Å²) in [5.41, 5.74) is 0.536. The van der Waals surface area contributed by atoms with E-state index in [1.807, 2.05) is 24.3 Å². The first kappa shape index (κ1) is 20.4. The van der Waals surface area contributed by atoms with Crippen molar-refractivity contribution in [2.24, 2.45) is 0 Å². The molecule has 0 aliphatic carbocycles. The lowest BCUT2D eigenvalue weighted by molar-refractivity contribution is -0.139. The van der Waals surface area contributed by atoms with Crippen LogP contribution in [0.15, 0.2) is 47.4 Å². The fraction of sp³-hybridized carbons (Fsp3) is 0.350. The van der Waals surface area contributed by atoms with E-state index in [9.17, 15) is 18.0 Å². The highest BCUT2D eigenvalue weighted by Gasteiger charge is 2.33.